The van der Waals surface area contributed by atoms with E-state index in [2.05, 4.69) is 12.2 Å². The van der Waals surface area contributed by atoms with Crippen molar-refractivity contribution >= 4 is 17.8 Å². The molecule has 2 N–H and O–H groups in total. The van der Waals surface area contributed by atoms with Gasteiger partial charge in [-0.05, 0) is 50.5 Å². The number of nitrogens with one attached hydrogen (secondary N) is 1. The van der Waals surface area contributed by atoms with Crippen molar-refractivity contribution in [3.8, 4) is 0 Å². The zero-order valence-electron chi connectivity index (χ0n) is 13.7. The van der Waals surface area contributed by atoms with Crippen LogP contribution >= 0.6 is 11.8 Å². The van der Waals surface area contributed by atoms with Gasteiger partial charge in [-0.2, -0.15) is 11.8 Å². The highest BCUT2D eigenvalue weighted by molar-refractivity contribution is 8.00. The SMILES string of the molecule is CC1(CNC(=O)N2CCCC2CC(O)c2ccco2)CCCS1. The van der Waals surface area contributed by atoms with E-state index in [-0.39, 0.29) is 16.8 Å². The van der Waals surface area contributed by atoms with Crippen LogP contribution in [0.15, 0.2) is 22.8 Å². The summed E-state index contributed by atoms with van der Waals surface area (Å²) in [5.41, 5.74) is 0. The third-order valence-electron chi connectivity index (χ3n) is 4.92. The first-order valence-electron chi connectivity index (χ1n) is 8.47. The summed E-state index contributed by atoms with van der Waals surface area (Å²) in [5, 5.41) is 13.4. The van der Waals surface area contributed by atoms with Crippen LogP contribution in [-0.4, -0.2) is 45.7 Å². The summed E-state index contributed by atoms with van der Waals surface area (Å²) in [7, 11) is 0. The van der Waals surface area contributed by atoms with Gasteiger partial charge < -0.3 is 19.7 Å². The zero-order chi connectivity index (χ0) is 16.3. The molecular weight excluding hydrogens is 312 g/mol. The van der Waals surface area contributed by atoms with Crippen molar-refractivity contribution in [3.63, 3.8) is 0 Å². The molecular formula is C17H26N2O3S. The monoisotopic (exact) mass is 338 g/mol. The smallest absolute Gasteiger partial charge is 0.317 e. The minimum Gasteiger partial charge on any atom is -0.467 e. The number of furan rings is 1. The van der Waals surface area contributed by atoms with Gasteiger partial charge in [-0.3, -0.25) is 0 Å². The Morgan fingerprint density at radius 1 is 1.61 bits per heavy atom. The van der Waals surface area contributed by atoms with Crippen LogP contribution < -0.4 is 5.32 Å². The van der Waals surface area contributed by atoms with Crippen molar-refractivity contribution in [2.45, 2.75) is 55.9 Å². The van der Waals surface area contributed by atoms with Crippen LogP contribution in [0.1, 0.15) is 50.9 Å². The first-order chi connectivity index (χ1) is 11.1. The lowest BCUT2D eigenvalue weighted by atomic mass is 10.1. The average molecular weight is 338 g/mol. The fraction of sp³-hybridized carbons (Fsp3) is 0.706. The highest BCUT2D eigenvalue weighted by atomic mass is 32.2. The summed E-state index contributed by atoms with van der Waals surface area (Å²) in [6, 6.07) is 3.65. The third kappa shape index (κ3) is 4.04. The minimum atomic E-state index is -0.647. The molecule has 3 atom stereocenters. The van der Waals surface area contributed by atoms with Gasteiger partial charge in [0.1, 0.15) is 11.9 Å². The highest BCUT2D eigenvalue weighted by Gasteiger charge is 2.34. The lowest BCUT2D eigenvalue weighted by Gasteiger charge is -2.29. The predicted molar refractivity (Wildman–Crippen MR) is 91.5 cm³/mol. The largest absolute Gasteiger partial charge is 0.467 e. The molecule has 128 valence electrons. The van der Waals surface area contributed by atoms with Gasteiger partial charge in [0.25, 0.3) is 0 Å². The number of likely N-dealkylation sites (tertiary alicyclic amines) is 1. The Morgan fingerprint density at radius 2 is 2.48 bits per heavy atom. The van der Waals surface area contributed by atoms with Gasteiger partial charge in [0.15, 0.2) is 0 Å². The van der Waals surface area contributed by atoms with E-state index >= 15 is 0 Å². The highest BCUT2D eigenvalue weighted by Crippen LogP contribution is 2.37. The Balaban J connectivity index is 1.52. The molecule has 0 bridgehead atoms. The number of carbonyl (C=O) groups is 1. The van der Waals surface area contributed by atoms with E-state index < -0.39 is 6.10 Å². The van der Waals surface area contributed by atoms with E-state index in [9.17, 15) is 9.90 Å². The summed E-state index contributed by atoms with van der Waals surface area (Å²) < 4.78 is 5.44. The number of aliphatic hydroxyl groups is 1. The van der Waals surface area contributed by atoms with Gasteiger partial charge >= 0.3 is 6.03 Å². The molecule has 5 nitrogen and oxygen atoms in total. The molecule has 23 heavy (non-hydrogen) atoms. The van der Waals surface area contributed by atoms with E-state index in [4.69, 9.17) is 4.42 Å². The molecule has 2 fully saturated rings. The Morgan fingerprint density at radius 3 is 3.17 bits per heavy atom. The standard InChI is InChI=1S/C17H26N2O3S/c1-17(7-4-10-23-17)12-18-16(21)19-8-2-5-13(19)11-14(20)15-6-3-9-22-15/h3,6,9,13-14,20H,2,4-5,7-8,10-12H2,1H3,(H,18,21). The van der Waals surface area contributed by atoms with E-state index in [0.717, 1.165) is 25.9 Å². The fourth-order valence-corrected chi connectivity index (χ4v) is 4.79. The van der Waals surface area contributed by atoms with E-state index in [1.165, 1.54) is 18.6 Å². The van der Waals surface area contributed by atoms with Crippen molar-refractivity contribution < 1.29 is 14.3 Å². The maximum Gasteiger partial charge on any atom is 0.317 e. The number of hydrogen-bond donors (Lipinski definition) is 2. The molecule has 2 saturated heterocycles. The Labute approximate surface area is 141 Å². The molecule has 1 aromatic rings. The number of hydrogen-bond acceptors (Lipinski definition) is 4. The van der Waals surface area contributed by atoms with Crippen LogP contribution in [0.25, 0.3) is 0 Å². The maximum atomic E-state index is 12.5. The molecule has 0 aliphatic carbocycles. The van der Waals surface area contributed by atoms with Crippen molar-refractivity contribution in [2.75, 3.05) is 18.8 Å². The molecule has 3 unspecified atom stereocenters. The van der Waals surface area contributed by atoms with E-state index in [1.807, 2.05) is 16.7 Å². The second kappa shape index (κ2) is 7.18. The molecule has 1 aromatic heterocycles. The summed E-state index contributed by atoms with van der Waals surface area (Å²) in [6.07, 6.45) is 5.79. The van der Waals surface area contributed by atoms with Crippen molar-refractivity contribution in [2.24, 2.45) is 0 Å². The Hall–Kier alpha value is -1.14. The maximum absolute atomic E-state index is 12.5. The summed E-state index contributed by atoms with van der Waals surface area (Å²) in [5.74, 6) is 1.76. The van der Waals surface area contributed by atoms with Crippen LogP contribution in [0, 0.1) is 0 Å². The number of rotatable bonds is 5. The van der Waals surface area contributed by atoms with Gasteiger partial charge in [-0.25, -0.2) is 4.79 Å². The molecule has 0 aromatic carbocycles. The molecule has 0 spiro atoms. The minimum absolute atomic E-state index is 0.00729. The van der Waals surface area contributed by atoms with Crippen molar-refractivity contribution in [1.29, 1.82) is 0 Å². The molecule has 2 amide bonds. The second-order valence-corrected chi connectivity index (χ2v) is 8.50. The van der Waals surface area contributed by atoms with Gasteiger partial charge in [0.2, 0.25) is 0 Å². The van der Waals surface area contributed by atoms with Crippen molar-refractivity contribution in [3.05, 3.63) is 24.2 Å². The average Bonchev–Trinajstić information content (AvgIpc) is 3.26. The quantitative estimate of drug-likeness (QED) is 0.865. The number of urea groups is 1. The molecule has 2 aliphatic rings. The lowest BCUT2D eigenvalue weighted by Crippen LogP contribution is -2.47. The lowest BCUT2D eigenvalue weighted by molar-refractivity contribution is 0.108. The predicted octanol–water partition coefficient (Wildman–Crippen LogP) is 3.16. The van der Waals surface area contributed by atoms with Gasteiger partial charge in [-0.15, -0.1) is 0 Å². The van der Waals surface area contributed by atoms with Gasteiger partial charge in [-0.1, -0.05) is 0 Å². The number of nitrogens with zero attached hydrogens (tertiary/aromatic N) is 1. The van der Waals surface area contributed by atoms with Crippen LogP contribution in [0.4, 0.5) is 4.79 Å². The van der Waals surface area contributed by atoms with E-state index in [1.54, 1.807) is 18.4 Å². The molecule has 0 radical (unpaired) electrons. The van der Waals surface area contributed by atoms with Crippen molar-refractivity contribution in [1.82, 2.24) is 10.2 Å². The molecule has 2 aliphatic heterocycles. The van der Waals surface area contributed by atoms with Crippen LogP contribution in [0.3, 0.4) is 0 Å². The third-order valence-corrected chi connectivity index (χ3v) is 6.46. The summed E-state index contributed by atoms with van der Waals surface area (Å²) in [4.78, 5) is 14.4. The van der Waals surface area contributed by atoms with Gasteiger partial charge in [0.05, 0.1) is 6.26 Å². The zero-order valence-corrected chi connectivity index (χ0v) is 14.5. The van der Waals surface area contributed by atoms with Crippen LogP contribution in [0.5, 0.6) is 0 Å². The second-order valence-electron chi connectivity index (χ2n) is 6.82. The van der Waals surface area contributed by atoms with Gasteiger partial charge in [0, 0.05) is 30.3 Å². The first kappa shape index (κ1) is 16.7. The Kier molecular flexibility index (Phi) is 5.21. The molecule has 3 rings (SSSR count). The normalized spacial score (nSPS) is 29.0. The molecule has 3 heterocycles. The Bertz CT molecular complexity index is 514. The topological polar surface area (TPSA) is 65.7 Å². The number of carbonyl (C=O) groups excluding carboxylic acids is 1. The summed E-state index contributed by atoms with van der Waals surface area (Å²) in [6.45, 7) is 3.72. The molecule has 6 heteroatoms. The van der Waals surface area contributed by atoms with Crippen LogP contribution in [0.2, 0.25) is 0 Å². The first-order valence-corrected chi connectivity index (χ1v) is 9.46. The van der Waals surface area contributed by atoms with E-state index in [0.29, 0.717) is 12.2 Å². The summed E-state index contributed by atoms with van der Waals surface area (Å²) >= 11 is 1.95. The number of amides is 2. The number of aliphatic hydroxyl groups excluding tert-OH is 1. The fourth-order valence-electron chi connectivity index (χ4n) is 3.54. The molecule has 0 saturated carbocycles. The number of thioether (sulfide) groups is 1. The van der Waals surface area contributed by atoms with Crippen LogP contribution in [-0.2, 0) is 0 Å².